The topological polar surface area (TPSA) is 60.4 Å². The number of aromatic hydroxyl groups is 1. The molecule has 0 saturated heterocycles. The Hall–Kier alpha value is -2.62. The van der Waals surface area contributed by atoms with E-state index in [0.717, 1.165) is 28.8 Å². The highest BCUT2D eigenvalue weighted by Crippen LogP contribution is 2.26. The Morgan fingerprint density at radius 3 is 2.71 bits per heavy atom. The first-order chi connectivity index (χ1) is 10.2. The van der Waals surface area contributed by atoms with Crippen LogP contribution in [0.4, 0.5) is 5.69 Å². The van der Waals surface area contributed by atoms with Crippen molar-refractivity contribution in [3.8, 4) is 11.5 Å². The third kappa shape index (κ3) is 2.52. The number of nitrogens with two attached hydrogens (primary N) is 1. The van der Waals surface area contributed by atoms with Crippen LogP contribution in [0.15, 0.2) is 48.5 Å². The third-order valence-electron chi connectivity index (χ3n) is 3.56. The number of aromatic nitrogens is 1. The maximum atomic E-state index is 9.46. The number of nitrogen functional groups attached to an aromatic ring is 1. The highest BCUT2D eigenvalue weighted by atomic mass is 16.5. The number of rotatable bonds is 4. The molecule has 0 amide bonds. The van der Waals surface area contributed by atoms with Crippen LogP contribution >= 0.6 is 0 Å². The van der Waals surface area contributed by atoms with E-state index in [1.54, 1.807) is 18.2 Å². The standard InChI is InChI=1S/C17H18N2O2/c1-2-19-13(9-12-5-3-8-16(18)17(12)19)11-21-15-7-4-6-14(20)10-15/h3-10,20H,2,11,18H2,1H3. The number of para-hydroxylation sites is 1. The highest BCUT2D eigenvalue weighted by molar-refractivity contribution is 5.91. The summed E-state index contributed by atoms with van der Waals surface area (Å²) in [6, 6.07) is 14.8. The number of aryl methyl sites for hydroxylation is 1. The molecule has 3 rings (SSSR count). The van der Waals surface area contributed by atoms with E-state index < -0.39 is 0 Å². The van der Waals surface area contributed by atoms with E-state index in [0.29, 0.717) is 12.4 Å². The Kier molecular flexibility index (Phi) is 3.44. The van der Waals surface area contributed by atoms with E-state index in [-0.39, 0.29) is 5.75 Å². The second-order valence-corrected chi connectivity index (χ2v) is 4.95. The number of hydrogen-bond acceptors (Lipinski definition) is 3. The molecule has 0 atom stereocenters. The van der Waals surface area contributed by atoms with Crippen molar-refractivity contribution in [2.24, 2.45) is 0 Å². The van der Waals surface area contributed by atoms with Crippen molar-refractivity contribution in [3.05, 3.63) is 54.2 Å². The van der Waals surface area contributed by atoms with Crippen molar-refractivity contribution in [2.45, 2.75) is 20.1 Å². The Bertz CT molecular complexity index is 778. The second kappa shape index (κ2) is 5.40. The molecular formula is C17H18N2O2. The SMILES string of the molecule is CCn1c(COc2cccc(O)c2)cc2cccc(N)c21. The molecule has 0 unspecified atom stereocenters. The summed E-state index contributed by atoms with van der Waals surface area (Å²) >= 11 is 0. The summed E-state index contributed by atoms with van der Waals surface area (Å²) in [7, 11) is 0. The summed E-state index contributed by atoms with van der Waals surface area (Å²) in [6.07, 6.45) is 0. The smallest absolute Gasteiger partial charge is 0.128 e. The molecule has 3 aromatic rings. The maximum Gasteiger partial charge on any atom is 0.128 e. The zero-order valence-corrected chi connectivity index (χ0v) is 11.9. The van der Waals surface area contributed by atoms with Gasteiger partial charge in [-0.15, -0.1) is 0 Å². The van der Waals surface area contributed by atoms with Gasteiger partial charge in [0.05, 0.1) is 16.9 Å². The van der Waals surface area contributed by atoms with Gasteiger partial charge in [-0.05, 0) is 31.2 Å². The van der Waals surface area contributed by atoms with Crippen LogP contribution < -0.4 is 10.5 Å². The van der Waals surface area contributed by atoms with Crippen molar-refractivity contribution in [1.82, 2.24) is 4.57 Å². The van der Waals surface area contributed by atoms with E-state index in [9.17, 15) is 5.11 Å². The molecule has 4 nitrogen and oxygen atoms in total. The van der Waals surface area contributed by atoms with Crippen LogP contribution in [0.3, 0.4) is 0 Å². The Balaban J connectivity index is 1.92. The first-order valence-corrected chi connectivity index (χ1v) is 6.97. The van der Waals surface area contributed by atoms with Crippen LogP contribution in [-0.2, 0) is 13.2 Å². The van der Waals surface area contributed by atoms with Gasteiger partial charge in [-0.3, -0.25) is 0 Å². The monoisotopic (exact) mass is 282 g/mol. The Labute approximate surface area is 123 Å². The lowest BCUT2D eigenvalue weighted by molar-refractivity contribution is 0.294. The van der Waals surface area contributed by atoms with Crippen LogP contribution in [0.25, 0.3) is 10.9 Å². The fourth-order valence-corrected chi connectivity index (χ4v) is 2.62. The van der Waals surface area contributed by atoms with Crippen LogP contribution in [0.2, 0.25) is 0 Å². The molecule has 0 aliphatic heterocycles. The molecule has 2 aromatic carbocycles. The number of phenols is 1. The summed E-state index contributed by atoms with van der Waals surface area (Å²) in [5.41, 5.74) is 8.97. The minimum atomic E-state index is 0.202. The van der Waals surface area contributed by atoms with Gasteiger partial charge in [0, 0.05) is 18.0 Å². The van der Waals surface area contributed by atoms with Crippen molar-refractivity contribution in [3.63, 3.8) is 0 Å². The number of nitrogens with zero attached hydrogens (tertiary/aromatic N) is 1. The van der Waals surface area contributed by atoms with Gasteiger partial charge >= 0.3 is 0 Å². The number of phenolic OH excluding ortho intramolecular Hbond substituents is 1. The van der Waals surface area contributed by atoms with Crippen LogP contribution in [0, 0.1) is 0 Å². The third-order valence-corrected chi connectivity index (χ3v) is 3.56. The van der Waals surface area contributed by atoms with Gasteiger partial charge in [0.1, 0.15) is 18.1 Å². The maximum absolute atomic E-state index is 9.46. The molecule has 0 aliphatic carbocycles. The van der Waals surface area contributed by atoms with Gasteiger partial charge < -0.3 is 20.1 Å². The quantitative estimate of drug-likeness (QED) is 0.720. The zero-order chi connectivity index (χ0) is 14.8. The minimum absolute atomic E-state index is 0.202. The first kappa shape index (κ1) is 13.4. The fraction of sp³-hybridized carbons (Fsp3) is 0.176. The lowest BCUT2D eigenvalue weighted by Gasteiger charge is -2.11. The van der Waals surface area contributed by atoms with Crippen molar-refractivity contribution < 1.29 is 9.84 Å². The molecule has 21 heavy (non-hydrogen) atoms. The molecule has 0 bridgehead atoms. The Morgan fingerprint density at radius 1 is 1.14 bits per heavy atom. The number of benzene rings is 2. The van der Waals surface area contributed by atoms with Crippen molar-refractivity contribution in [2.75, 3.05) is 5.73 Å². The second-order valence-electron chi connectivity index (χ2n) is 4.95. The number of ether oxygens (including phenoxy) is 1. The van der Waals surface area contributed by atoms with E-state index in [4.69, 9.17) is 10.5 Å². The largest absolute Gasteiger partial charge is 0.508 e. The molecule has 3 N–H and O–H groups in total. The molecular weight excluding hydrogens is 264 g/mol. The van der Waals surface area contributed by atoms with Gasteiger partial charge in [0.2, 0.25) is 0 Å². The molecule has 108 valence electrons. The molecule has 1 aromatic heterocycles. The average molecular weight is 282 g/mol. The van der Waals surface area contributed by atoms with Gasteiger partial charge in [0.15, 0.2) is 0 Å². The van der Waals surface area contributed by atoms with E-state index in [1.807, 2.05) is 18.2 Å². The van der Waals surface area contributed by atoms with Crippen molar-refractivity contribution >= 4 is 16.6 Å². The van der Waals surface area contributed by atoms with Crippen LogP contribution in [-0.4, -0.2) is 9.67 Å². The molecule has 0 aliphatic rings. The highest BCUT2D eigenvalue weighted by Gasteiger charge is 2.10. The molecule has 0 radical (unpaired) electrons. The molecule has 0 spiro atoms. The average Bonchev–Trinajstić information content (AvgIpc) is 2.84. The zero-order valence-electron chi connectivity index (χ0n) is 11.9. The number of hydrogen-bond donors (Lipinski definition) is 2. The van der Waals surface area contributed by atoms with E-state index >= 15 is 0 Å². The molecule has 0 fully saturated rings. The first-order valence-electron chi connectivity index (χ1n) is 6.97. The van der Waals surface area contributed by atoms with Crippen LogP contribution in [0.1, 0.15) is 12.6 Å². The lowest BCUT2D eigenvalue weighted by atomic mass is 10.2. The van der Waals surface area contributed by atoms with E-state index in [1.165, 1.54) is 0 Å². The Morgan fingerprint density at radius 2 is 1.95 bits per heavy atom. The normalized spacial score (nSPS) is 10.9. The summed E-state index contributed by atoms with van der Waals surface area (Å²) in [4.78, 5) is 0. The predicted octanol–water partition coefficient (Wildman–Crippen LogP) is 3.53. The molecule has 0 saturated carbocycles. The fourth-order valence-electron chi connectivity index (χ4n) is 2.62. The summed E-state index contributed by atoms with van der Waals surface area (Å²) in [5.74, 6) is 0.851. The van der Waals surface area contributed by atoms with Gasteiger partial charge in [0.25, 0.3) is 0 Å². The molecule has 1 heterocycles. The van der Waals surface area contributed by atoms with Crippen LogP contribution in [0.5, 0.6) is 11.5 Å². The van der Waals surface area contributed by atoms with Gasteiger partial charge in [-0.1, -0.05) is 18.2 Å². The number of fused-ring (bicyclic) bond motifs is 1. The lowest BCUT2D eigenvalue weighted by Crippen LogP contribution is -2.05. The number of anilines is 1. The predicted molar refractivity (Wildman–Crippen MR) is 84.5 cm³/mol. The van der Waals surface area contributed by atoms with Crippen molar-refractivity contribution in [1.29, 1.82) is 0 Å². The summed E-state index contributed by atoms with van der Waals surface area (Å²) in [5, 5.41) is 10.6. The molecule has 4 heteroatoms. The van der Waals surface area contributed by atoms with Gasteiger partial charge in [-0.25, -0.2) is 0 Å². The van der Waals surface area contributed by atoms with Gasteiger partial charge in [-0.2, -0.15) is 0 Å². The van der Waals surface area contributed by atoms with E-state index in [2.05, 4.69) is 23.6 Å². The summed E-state index contributed by atoms with van der Waals surface area (Å²) < 4.78 is 7.92. The summed E-state index contributed by atoms with van der Waals surface area (Å²) in [6.45, 7) is 3.35. The minimum Gasteiger partial charge on any atom is -0.508 e.